The van der Waals surface area contributed by atoms with Crippen LogP contribution in [0, 0.1) is 5.92 Å². The maximum absolute atomic E-state index is 13.2. The first-order valence-corrected chi connectivity index (χ1v) is 12.1. The summed E-state index contributed by atoms with van der Waals surface area (Å²) in [7, 11) is 0.554. The van der Waals surface area contributed by atoms with Gasteiger partial charge in [0.15, 0.2) is 0 Å². The molecule has 0 aromatic carbocycles. The number of ether oxygens (including phenoxy) is 1. The highest BCUT2D eigenvalue weighted by molar-refractivity contribution is 7.89. The van der Waals surface area contributed by atoms with Gasteiger partial charge >= 0.3 is 0 Å². The molecule has 1 saturated carbocycles. The molecule has 2 aliphatic heterocycles. The van der Waals surface area contributed by atoms with Gasteiger partial charge in [0.1, 0.15) is 17.8 Å². The first-order chi connectivity index (χ1) is 14.0. The lowest BCUT2D eigenvalue weighted by Crippen LogP contribution is -2.52. The van der Waals surface area contributed by atoms with Gasteiger partial charge in [0.05, 0.1) is 17.2 Å². The highest BCUT2D eigenvalue weighted by Crippen LogP contribution is 2.41. The number of nitrogens with one attached hydrogen (secondary N) is 1. The molecular weight excluding hydrogens is 390 g/mol. The molecular formula is C20H29N5O3S. The lowest BCUT2D eigenvalue weighted by molar-refractivity contribution is 0.0347. The van der Waals surface area contributed by atoms with E-state index in [-0.39, 0.29) is 29.9 Å². The van der Waals surface area contributed by atoms with Crippen LogP contribution in [0.1, 0.15) is 38.5 Å². The van der Waals surface area contributed by atoms with E-state index in [1.165, 1.54) is 0 Å². The molecule has 29 heavy (non-hydrogen) atoms. The minimum atomic E-state index is -3.22. The number of rotatable bonds is 6. The van der Waals surface area contributed by atoms with Crippen molar-refractivity contribution in [2.24, 2.45) is 5.92 Å². The van der Waals surface area contributed by atoms with Crippen LogP contribution in [-0.2, 0) is 14.8 Å². The van der Waals surface area contributed by atoms with Crippen molar-refractivity contribution in [3.05, 3.63) is 18.6 Å². The Bertz CT molecular complexity index is 973. The smallest absolute Gasteiger partial charge is 0.214 e. The monoisotopic (exact) mass is 419 g/mol. The number of hydrogen-bond acceptors (Lipinski definition) is 6. The maximum atomic E-state index is 13.2. The molecule has 9 heteroatoms. The van der Waals surface area contributed by atoms with E-state index in [2.05, 4.69) is 19.9 Å². The van der Waals surface area contributed by atoms with Crippen LogP contribution < -0.4 is 4.90 Å². The second-order valence-corrected chi connectivity index (χ2v) is 10.8. The van der Waals surface area contributed by atoms with Gasteiger partial charge in [-0.25, -0.2) is 18.4 Å². The predicted molar refractivity (Wildman–Crippen MR) is 111 cm³/mol. The third kappa shape index (κ3) is 3.33. The Morgan fingerprint density at radius 2 is 1.93 bits per heavy atom. The minimum absolute atomic E-state index is 0.130. The zero-order valence-electron chi connectivity index (χ0n) is 17.0. The van der Waals surface area contributed by atoms with E-state index in [4.69, 9.17) is 4.74 Å². The van der Waals surface area contributed by atoms with Crippen LogP contribution in [-0.4, -0.2) is 71.8 Å². The average Bonchev–Trinajstić information content (AvgIpc) is 3.26. The fraction of sp³-hybridized carbons (Fsp3) is 0.700. The van der Waals surface area contributed by atoms with Crippen molar-refractivity contribution in [1.29, 1.82) is 0 Å². The normalized spacial score (nSPS) is 32.4. The van der Waals surface area contributed by atoms with Crippen molar-refractivity contribution in [3.8, 4) is 0 Å². The maximum Gasteiger partial charge on any atom is 0.214 e. The van der Waals surface area contributed by atoms with Gasteiger partial charge in [-0.3, -0.25) is 0 Å². The van der Waals surface area contributed by atoms with Crippen molar-refractivity contribution in [2.45, 2.75) is 62.8 Å². The average molecular weight is 420 g/mol. The second kappa shape index (κ2) is 7.21. The number of hydrogen-bond donors (Lipinski definition) is 1. The van der Waals surface area contributed by atoms with Crippen molar-refractivity contribution in [1.82, 2.24) is 19.3 Å². The van der Waals surface area contributed by atoms with Crippen molar-refractivity contribution >= 4 is 26.9 Å². The van der Waals surface area contributed by atoms with E-state index >= 15 is 0 Å². The Balaban J connectivity index is 1.22. The lowest BCUT2D eigenvalue weighted by atomic mass is 9.81. The Kier molecular flexibility index (Phi) is 4.79. The van der Waals surface area contributed by atoms with E-state index in [0.717, 1.165) is 55.4 Å². The van der Waals surface area contributed by atoms with Crippen LogP contribution in [0.25, 0.3) is 11.0 Å². The molecule has 2 bridgehead atoms. The summed E-state index contributed by atoms with van der Waals surface area (Å²) in [6, 6.07) is 2.57. The van der Waals surface area contributed by atoms with Gasteiger partial charge in [-0.15, -0.1) is 0 Å². The molecule has 8 nitrogen and oxygen atoms in total. The lowest BCUT2D eigenvalue weighted by Gasteiger charge is -2.43. The highest BCUT2D eigenvalue weighted by atomic mass is 32.2. The molecule has 3 fully saturated rings. The third-order valence-electron chi connectivity index (χ3n) is 7.15. The SMILES string of the molecule is COC1C[C@H]2CC[C@@H](C1)N2S(=O)(=O)CC1CC(N(C)c2ncnc3[nH]ccc23)C1. The molecule has 3 aliphatic rings. The number of H-pyrrole nitrogens is 1. The van der Waals surface area contributed by atoms with Crippen LogP contribution in [0.3, 0.4) is 0 Å². The van der Waals surface area contributed by atoms with E-state index < -0.39 is 10.0 Å². The van der Waals surface area contributed by atoms with Crippen LogP contribution in [0.15, 0.2) is 18.6 Å². The van der Waals surface area contributed by atoms with Gasteiger partial charge in [-0.2, -0.15) is 4.31 Å². The zero-order chi connectivity index (χ0) is 20.2. The number of piperidine rings is 1. The molecule has 3 atom stereocenters. The fourth-order valence-electron chi connectivity index (χ4n) is 5.58. The predicted octanol–water partition coefficient (Wildman–Crippen LogP) is 2.14. The van der Waals surface area contributed by atoms with Gasteiger partial charge in [0.2, 0.25) is 10.0 Å². The van der Waals surface area contributed by atoms with E-state index in [1.54, 1.807) is 13.4 Å². The van der Waals surface area contributed by atoms with Crippen LogP contribution in [0.4, 0.5) is 5.82 Å². The Morgan fingerprint density at radius 1 is 1.21 bits per heavy atom. The molecule has 4 heterocycles. The van der Waals surface area contributed by atoms with E-state index in [1.807, 2.05) is 23.6 Å². The van der Waals surface area contributed by atoms with Gasteiger partial charge < -0.3 is 14.6 Å². The first kappa shape index (κ1) is 19.3. The summed E-state index contributed by atoms with van der Waals surface area (Å²) in [5.74, 6) is 1.39. The molecule has 0 radical (unpaired) electrons. The molecule has 1 N–H and O–H groups in total. The van der Waals surface area contributed by atoms with Gasteiger partial charge in [0, 0.05) is 38.5 Å². The first-order valence-electron chi connectivity index (χ1n) is 10.5. The zero-order valence-corrected chi connectivity index (χ0v) is 17.8. The summed E-state index contributed by atoms with van der Waals surface area (Å²) in [6.07, 6.45) is 9.04. The molecule has 1 aliphatic carbocycles. The van der Waals surface area contributed by atoms with Crippen molar-refractivity contribution < 1.29 is 13.2 Å². The number of sulfonamides is 1. The van der Waals surface area contributed by atoms with Gasteiger partial charge in [-0.1, -0.05) is 0 Å². The fourth-order valence-corrected chi connectivity index (χ4v) is 7.91. The molecule has 0 spiro atoms. The second-order valence-electron chi connectivity index (χ2n) is 8.86. The quantitative estimate of drug-likeness (QED) is 0.771. The summed E-state index contributed by atoms with van der Waals surface area (Å²) in [5.41, 5.74) is 0.829. The summed E-state index contributed by atoms with van der Waals surface area (Å²) < 4.78 is 33.7. The summed E-state index contributed by atoms with van der Waals surface area (Å²) in [5, 5.41) is 1.00. The third-order valence-corrected chi connectivity index (χ3v) is 9.28. The summed E-state index contributed by atoms with van der Waals surface area (Å²) >= 11 is 0. The summed E-state index contributed by atoms with van der Waals surface area (Å²) in [6.45, 7) is 0. The number of methoxy groups -OCH3 is 1. The molecule has 0 amide bonds. The van der Waals surface area contributed by atoms with Crippen molar-refractivity contribution in [2.75, 3.05) is 24.8 Å². The topological polar surface area (TPSA) is 91.4 Å². The number of aromatic amines is 1. The largest absolute Gasteiger partial charge is 0.381 e. The number of anilines is 1. The molecule has 158 valence electrons. The number of nitrogens with zero attached hydrogens (tertiary/aromatic N) is 4. The molecule has 5 rings (SSSR count). The number of fused-ring (bicyclic) bond motifs is 3. The van der Waals surface area contributed by atoms with Crippen molar-refractivity contribution in [3.63, 3.8) is 0 Å². The Hall–Kier alpha value is -1.71. The molecule has 2 aromatic heterocycles. The van der Waals surface area contributed by atoms with Gasteiger partial charge in [-0.05, 0) is 50.5 Å². The van der Waals surface area contributed by atoms with E-state index in [9.17, 15) is 8.42 Å². The highest BCUT2D eigenvalue weighted by Gasteiger charge is 2.48. The Labute approximate surface area is 171 Å². The molecule has 1 unspecified atom stereocenters. The van der Waals surface area contributed by atoms with Crippen LogP contribution in [0.5, 0.6) is 0 Å². The molecule has 2 aromatic rings. The molecule has 2 saturated heterocycles. The van der Waals surface area contributed by atoms with E-state index in [0.29, 0.717) is 6.04 Å². The minimum Gasteiger partial charge on any atom is -0.381 e. The standard InChI is InChI=1S/C20H29N5O3S/c1-24(20-18-5-6-21-19(18)22-12-23-20)16-7-13(8-16)11-29(26,27)25-14-3-4-15(25)10-17(9-14)28-2/h5-6,12-17H,3-4,7-11H2,1-2H3,(H,21,22,23)/t13?,14-,15+,16?,17?. The van der Waals surface area contributed by atoms with Crippen LogP contribution >= 0.6 is 0 Å². The Morgan fingerprint density at radius 3 is 2.62 bits per heavy atom. The summed E-state index contributed by atoms with van der Waals surface area (Å²) in [4.78, 5) is 14.0. The van der Waals surface area contributed by atoms with Crippen LogP contribution in [0.2, 0.25) is 0 Å². The van der Waals surface area contributed by atoms with Gasteiger partial charge in [0.25, 0.3) is 0 Å². The number of aromatic nitrogens is 3.